The van der Waals surface area contributed by atoms with Gasteiger partial charge in [-0.3, -0.25) is 39.9 Å². The quantitative estimate of drug-likeness (QED) is 0.0201. The van der Waals surface area contributed by atoms with E-state index in [2.05, 4.69) is 39.9 Å². The topological polar surface area (TPSA) is 589 Å². The molecule has 0 spiro atoms. The van der Waals surface area contributed by atoms with Crippen LogP contribution in [0.15, 0.2) is 186 Å². The predicted octanol–water partition coefficient (Wildman–Crippen LogP) is -5.78. The van der Waals surface area contributed by atoms with Gasteiger partial charge < -0.3 is 78.7 Å². The summed E-state index contributed by atoms with van der Waals surface area (Å²) in [7, 11) is -9.89. The maximum Gasteiger partial charge on any atom is 2.00 e. The van der Waals surface area contributed by atoms with E-state index in [1.165, 1.54) is 63.6 Å². The minimum absolute atomic E-state index is 0. The second-order valence-corrected chi connectivity index (χ2v) is 23.9. The van der Waals surface area contributed by atoms with E-state index in [9.17, 15) is 40.9 Å². The fraction of sp³-hybridized carbons (Fsp3) is 0.310. The van der Waals surface area contributed by atoms with Crippen LogP contribution < -0.4 is 254 Å². The molecule has 8 aromatic carbocycles. The Kier molecular flexibility index (Phi) is 81.7. The summed E-state index contributed by atoms with van der Waals surface area (Å²) in [4.78, 5) is 33.7. The smallest absolute Gasteiger partial charge is 0.870 e. The van der Waals surface area contributed by atoms with Crippen LogP contribution >= 0.6 is 0 Å². The zero-order chi connectivity index (χ0) is 89.5. The van der Waals surface area contributed by atoms with Crippen LogP contribution in [-0.4, -0.2) is 155 Å². The first-order valence-electron chi connectivity index (χ1n) is 36.8. The summed E-state index contributed by atoms with van der Waals surface area (Å²) < 4.78 is 110. The SMILES string of the molecule is CC#N.CC#N.CCOc1cccc(C=NCCN=Cc2cccc(OCC)c2[O-])c1[O-].CCOc1cccc(C=NCCN=Cc2cccc(OCC)c2[O-])c1[O-].CCOc1cccc(C=NCCN=Cc2cccc(OCC)c2[O-])c1[O-].CCOc1cccc(C=NCCN=Cc2cccc(OCC)c2[O-])c1[O-].[Cs+].[Cs+].[Ni+2].[Ni+2].[Ni+2].[Ni+2].[O-][Cl+3]([O-])([O-])[O-].[O-][Cl+3]([O-])([O-])[O-]. The predicted molar refractivity (Wildman–Crippen MR) is 419 cm³/mol. The van der Waals surface area contributed by atoms with Gasteiger partial charge in [0.05, 0.1) is 117 Å². The molecule has 0 N–H and O–H groups in total. The van der Waals surface area contributed by atoms with Gasteiger partial charge in [-0.15, -0.1) is 20.5 Å². The molecule has 0 heterocycles. The number of nitrogens with zero attached hydrogens (tertiary/aromatic N) is 10. The number of nitriles is 2. The Balaban J connectivity index is -0.000000354. The molecule has 0 amide bonds. The van der Waals surface area contributed by atoms with Gasteiger partial charge >= 0.3 is 204 Å². The van der Waals surface area contributed by atoms with Gasteiger partial charge in [-0.05, 0) is 148 Å². The summed E-state index contributed by atoms with van der Waals surface area (Å²) in [6.07, 6.45) is 12.2. The molecule has 0 bridgehead atoms. The third kappa shape index (κ3) is 58.0. The standard InChI is InChI=1S/4C20H24N2O4.2C2H3N.2ClHO4.2Cs.4Ni/c4*1-3-25-17-9-5-7-15(19(17)23)13-21-11-12-22-14-16-8-6-10-18(20(16)24)26-4-2;2*1-2-3;2*2-1(3,4)5;;;;;;/h4*5-10,13-14,23-24H,3-4,11-12H2,1-2H3;2*1H3;2*(H,2,3,4,5);;;;;;/q;;;;;;;;2*+1;4*+2/p-10. The van der Waals surface area contributed by atoms with Crippen LogP contribution in [0, 0.1) is 43.1 Å². The molecule has 0 atom stereocenters. The molecule has 0 aliphatic rings. The summed E-state index contributed by atoms with van der Waals surface area (Å²) >= 11 is 0. The van der Waals surface area contributed by atoms with Crippen molar-refractivity contribution in [2.24, 2.45) is 39.9 Å². The first kappa shape index (κ1) is 130. The van der Waals surface area contributed by atoms with Crippen molar-refractivity contribution in [1.29, 1.82) is 10.5 Å². The molecule has 0 fully saturated rings. The first-order chi connectivity index (χ1) is 57.5. The number of rotatable bonds is 36. The molecule has 34 nitrogen and oxygen atoms in total. The van der Waals surface area contributed by atoms with Gasteiger partial charge in [0.25, 0.3) is 0 Å². The number of benzene rings is 8. The van der Waals surface area contributed by atoms with Crippen molar-refractivity contribution in [3.63, 3.8) is 0 Å². The van der Waals surface area contributed by atoms with E-state index in [4.69, 9.17) is 85.7 Å². The van der Waals surface area contributed by atoms with Crippen LogP contribution in [0.25, 0.3) is 0 Å². The van der Waals surface area contributed by atoms with E-state index in [1.807, 2.05) is 55.4 Å². The molecule has 126 heavy (non-hydrogen) atoms. The molecule has 8 rings (SSSR count). The monoisotopic (exact) mass is 2190 g/mol. The van der Waals surface area contributed by atoms with E-state index in [1.54, 1.807) is 158 Å². The van der Waals surface area contributed by atoms with Crippen molar-refractivity contribution < 1.29 is 340 Å². The molecule has 680 valence electrons. The second kappa shape index (κ2) is 79.2. The van der Waals surface area contributed by atoms with Crippen molar-refractivity contribution in [3.8, 4) is 104 Å². The summed E-state index contributed by atoms with van der Waals surface area (Å²) in [6, 6.07) is 44.3. The van der Waals surface area contributed by atoms with Gasteiger partial charge in [-0.1, -0.05) is 143 Å². The van der Waals surface area contributed by atoms with E-state index in [0.717, 1.165) is 0 Å². The number of halogens is 2. The van der Waals surface area contributed by atoms with E-state index in [0.29, 0.717) is 196 Å². The zero-order valence-corrected chi connectivity index (χ0v) is 89.1. The maximum absolute atomic E-state index is 12.1. The molecule has 0 aromatic heterocycles. The Labute approximate surface area is 896 Å². The fourth-order valence-corrected chi connectivity index (χ4v) is 8.99. The van der Waals surface area contributed by atoms with Crippen molar-refractivity contribution >= 4 is 49.7 Å². The average molecular weight is 2200 g/mol. The van der Waals surface area contributed by atoms with E-state index in [-0.39, 0.29) is 250 Å². The number of hydrogen-bond donors (Lipinski definition) is 0. The molecular weight excluding hydrogens is 2100 g/mol. The van der Waals surface area contributed by atoms with Crippen LogP contribution in [0.3, 0.4) is 0 Å². The van der Waals surface area contributed by atoms with Gasteiger partial charge in [0, 0.05) is 63.6 Å². The summed E-state index contributed by atoms with van der Waals surface area (Å²) in [5.74, 6) is 1.20. The normalized spacial score (nSPS) is 10.4. The molecule has 42 heteroatoms. The molecule has 0 saturated carbocycles. The Morgan fingerprint density at radius 2 is 0.325 bits per heavy atom. The Morgan fingerprint density at radius 3 is 0.405 bits per heavy atom. The summed E-state index contributed by atoms with van der Waals surface area (Å²) in [5.41, 5.74) is 3.82. The van der Waals surface area contributed by atoms with Crippen molar-refractivity contribution in [1.82, 2.24) is 0 Å². The molecular formula is C84H94Cl2Cs2N10Ni4O24. The van der Waals surface area contributed by atoms with E-state index >= 15 is 0 Å². The van der Waals surface area contributed by atoms with Gasteiger partial charge in [-0.2, -0.15) is 10.5 Å². The largest absolute Gasteiger partial charge is 2.00 e. The van der Waals surface area contributed by atoms with Gasteiger partial charge in [0.15, 0.2) is 0 Å². The molecule has 0 saturated heterocycles. The van der Waals surface area contributed by atoms with Crippen molar-refractivity contribution in [2.45, 2.75) is 69.2 Å². The second-order valence-electron chi connectivity index (χ2n) is 22.3. The average Bonchev–Trinajstić information content (AvgIpc) is 0.908. The van der Waals surface area contributed by atoms with Gasteiger partial charge in [0.2, 0.25) is 0 Å². The van der Waals surface area contributed by atoms with Crippen molar-refractivity contribution in [3.05, 3.63) is 190 Å². The van der Waals surface area contributed by atoms with Gasteiger partial charge in [0.1, 0.15) is 46.0 Å². The number of aliphatic imine (C=N–C) groups is 8. The molecule has 0 unspecified atom stereocenters. The van der Waals surface area contributed by atoms with Crippen LogP contribution in [-0.2, 0) is 66.0 Å². The third-order valence-corrected chi connectivity index (χ3v) is 13.7. The number of ether oxygens (including phenoxy) is 8. The maximum atomic E-state index is 12.1. The minimum atomic E-state index is -4.94. The zero-order valence-electron chi connectivity index (χ0n) is 71.1. The first-order valence-corrected chi connectivity index (χ1v) is 39.2. The molecule has 0 radical (unpaired) electrons. The molecule has 8 aromatic rings. The third-order valence-electron chi connectivity index (χ3n) is 13.7. The Hall–Kier alpha value is -6.76. The van der Waals surface area contributed by atoms with E-state index < -0.39 is 20.5 Å². The molecule has 0 aliphatic carbocycles. The summed E-state index contributed by atoms with van der Waals surface area (Å²) in [5, 5.41) is 111. The Morgan fingerprint density at radius 1 is 0.238 bits per heavy atom. The van der Waals surface area contributed by atoms with Crippen LogP contribution in [0.2, 0.25) is 0 Å². The minimum Gasteiger partial charge on any atom is -0.870 e. The van der Waals surface area contributed by atoms with Gasteiger partial charge in [-0.25, -0.2) is 37.3 Å². The van der Waals surface area contributed by atoms with Crippen molar-refractivity contribution in [2.75, 3.05) is 105 Å². The van der Waals surface area contributed by atoms with Crippen LogP contribution in [0.4, 0.5) is 0 Å². The Bertz CT molecular complexity index is 3820. The molecule has 0 aliphatic heterocycles. The fourth-order valence-electron chi connectivity index (χ4n) is 8.99. The van der Waals surface area contributed by atoms with Crippen LogP contribution in [0.1, 0.15) is 114 Å². The number of para-hydroxylation sites is 8. The number of hydrogen-bond acceptors (Lipinski definition) is 34. The van der Waals surface area contributed by atoms with Crippen LogP contribution in [0.5, 0.6) is 92.0 Å². The summed E-state index contributed by atoms with van der Waals surface area (Å²) in [6.45, 7) is 24.3.